The molecule has 1 saturated heterocycles. The van der Waals surface area contributed by atoms with Crippen molar-refractivity contribution in [3.05, 3.63) is 18.0 Å². The van der Waals surface area contributed by atoms with Gasteiger partial charge in [0.2, 0.25) is 0 Å². The number of hydrogen-bond donors (Lipinski definition) is 1. The first-order valence-electron chi connectivity index (χ1n) is 7.15. The summed E-state index contributed by atoms with van der Waals surface area (Å²) in [4.78, 5) is 2.37. The van der Waals surface area contributed by atoms with Crippen LogP contribution < -0.4 is 5.32 Å². The molecule has 1 aliphatic rings. The second kappa shape index (κ2) is 6.34. The zero-order chi connectivity index (χ0) is 13.0. The fraction of sp³-hybridized carbons (Fsp3) is 0.786. The van der Waals surface area contributed by atoms with Crippen LogP contribution in [0.2, 0.25) is 0 Å². The summed E-state index contributed by atoms with van der Waals surface area (Å²) in [6.45, 7) is 7.66. The van der Waals surface area contributed by atoms with Gasteiger partial charge in [0.15, 0.2) is 0 Å². The summed E-state index contributed by atoms with van der Waals surface area (Å²) in [6, 6.07) is 3.32. The van der Waals surface area contributed by atoms with Crippen molar-refractivity contribution in [2.75, 3.05) is 20.1 Å². The van der Waals surface area contributed by atoms with Crippen molar-refractivity contribution in [1.29, 1.82) is 0 Å². The fourth-order valence-corrected chi connectivity index (χ4v) is 2.52. The molecule has 102 valence electrons. The van der Waals surface area contributed by atoms with Gasteiger partial charge in [-0.15, -0.1) is 0 Å². The van der Waals surface area contributed by atoms with E-state index in [0.717, 1.165) is 19.5 Å². The molecule has 0 aromatic carbocycles. The number of likely N-dealkylation sites (N-methyl/N-ethyl adjacent to an activating group) is 1. The highest BCUT2D eigenvalue weighted by atomic mass is 15.3. The average molecular weight is 250 g/mol. The highest BCUT2D eigenvalue weighted by Crippen LogP contribution is 2.11. The topological polar surface area (TPSA) is 33.1 Å². The van der Waals surface area contributed by atoms with Gasteiger partial charge in [0.05, 0.1) is 5.69 Å². The summed E-state index contributed by atoms with van der Waals surface area (Å²) in [5.74, 6) is 0. The fourth-order valence-electron chi connectivity index (χ4n) is 2.52. The van der Waals surface area contributed by atoms with Crippen LogP contribution in [0.5, 0.6) is 0 Å². The normalized spacial score (nSPS) is 21.7. The number of rotatable bonds is 6. The van der Waals surface area contributed by atoms with Gasteiger partial charge >= 0.3 is 0 Å². The summed E-state index contributed by atoms with van der Waals surface area (Å²) in [7, 11) is 2.18. The zero-order valence-electron chi connectivity index (χ0n) is 11.9. The predicted molar refractivity (Wildman–Crippen MR) is 74.6 cm³/mol. The Morgan fingerprint density at radius 2 is 2.44 bits per heavy atom. The Bertz CT molecular complexity index is 354. The predicted octanol–water partition coefficient (Wildman–Crippen LogP) is 2.04. The van der Waals surface area contributed by atoms with Gasteiger partial charge in [0.1, 0.15) is 0 Å². The van der Waals surface area contributed by atoms with Gasteiger partial charge in [-0.2, -0.15) is 5.10 Å². The quantitative estimate of drug-likeness (QED) is 0.838. The van der Waals surface area contributed by atoms with E-state index in [2.05, 4.69) is 53.2 Å². The van der Waals surface area contributed by atoms with Crippen molar-refractivity contribution < 1.29 is 0 Å². The van der Waals surface area contributed by atoms with Gasteiger partial charge in [-0.25, -0.2) is 0 Å². The molecule has 0 aliphatic carbocycles. The standard InChI is InChI=1S/C14H26N4/c1-4-12(2)18-9-7-14(16-18)11-17(3)10-13-6-5-8-15-13/h7,9,12-13,15H,4-6,8,10-11H2,1-3H3. The lowest BCUT2D eigenvalue weighted by Gasteiger charge is -2.20. The number of hydrogen-bond acceptors (Lipinski definition) is 3. The minimum atomic E-state index is 0.501. The lowest BCUT2D eigenvalue weighted by atomic mass is 10.2. The molecule has 0 radical (unpaired) electrons. The maximum absolute atomic E-state index is 4.65. The Balaban J connectivity index is 1.82. The Labute approximate surface area is 110 Å². The van der Waals surface area contributed by atoms with Gasteiger partial charge in [0.25, 0.3) is 0 Å². The highest BCUT2D eigenvalue weighted by molar-refractivity contribution is 4.99. The molecule has 4 nitrogen and oxygen atoms in total. The van der Waals surface area contributed by atoms with Crippen LogP contribution in [0, 0.1) is 0 Å². The van der Waals surface area contributed by atoms with Gasteiger partial charge in [0, 0.05) is 31.4 Å². The molecule has 1 fully saturated rings. The largest absolute Gasteiger partial charge is 0.313 e. The summed E-state index contributed by atoms with van der Waals surface area (Å²) < 4.78 is 2.08. The number of aromatic nitrogens is 2. The van der Waals surface area contributed by atoms with E-state index in [1.54, 1.807) is 0 Å². The zero-order valence-corrected chi connectivity index (χ0v) is 11.9. The molecule has 1 N–H and O–H groups in total. The lowest BCUT2D eigenvalue weighted by Crippen LogP contribution is -2.35. The molecule has 0 bridgehead atoms. The van der Waals surface area contributed by atoms with Crippen molar-refractivity contribution in [3.63, 3.8) is 0 Å². The van der Waals surface area contributed by atoms with Gasteiger partial charge in [-0.1, -0.05) is 6.92 Å². The maximum atomic E-state index is 4.65. The van der Waals surface area contributed by atoms with Crippen molar-refractivity contribution in [2.24, 2.45) is 0 Å². The van der Waals surface area contributed by atoms with Crippen LogP contribution in [0.15, 0.2) is 12.3 Å². The minimum absolute atomic E-state index is 0.501. The Morgan fingerprint density at radius 3 is 3.11 bits per heavy atom. The van der Waals surface area contributed by atoms with E-state index in [0.29, 0.717) is 12.1 Å². The molecule has 1 aromatic rings. The van der Waals surface area contributed by atoms with E-state index in [4.69, 9.17) is 0 Å². The van der Waals surface area contributed by atoms with E-state index in [-0.39, 0.29) is 0 Å². The summed E-state index contributed by atoms with van der Waals surface area (Å²) >= 11 is 0. The molecule has 18 heavy (non-hydrogen) atoms. The lowest BCUT2D eigenvalue weighted by molar-refractivity contribution is 0.288. The summed E-state index contributed by atoms with van der Waals surface area (Å²) in [5.41, 5.74) is 1.18. The molecule has 2 rings (SSSR count). The molecule has 1 aliphatic heterocycles. The molecule has 0 amide bonds. The summed E-state index contributed by atoms with van der Waals surface area (Å²) in [6.07, 6.45) is 5.86. The van der Waals surface area contributed by atoms with Crippen LogP contribution in [0.25, 0.3) is 0 Å². The number of nitrogens with one attached hydrogen (secondary N) is 1. The second-order valence-corrected chi connectivity index (χ2v) is 5.53. The molecule has 2 atom stereocenters. The van der Waals surface area contributed by atoms with Crippen LogP contribution in [-0.2, 0) is 6.54 Å². The molecule has 2 unspecified atom stereocenters. The SMILES string of the molecule is CCC(C)n1ccc(CN(C)CC2CCCN2)n1. The Kier molecular flexibility index (Phi) is 4.78. The monoisotopic (exact) mass is 250 g/mol. The molecule has 0 saturated carbocycles. The smallest absolute Gasteiger partial charge is 0.0764 e. The highest BCUT2D eigenvalue weighted by Gasteiger charge is 2.16. The van der Waals surface area contributed by atoms with Gasteiger partial charge in [-0.05, 0) is 45.8 Å². The van der Waals surface area contributed by atoms with E-state index < -0.39 is 0 Å². The molecule has 0 spiro atoms. The Morgan fingerprint density at radius 1 is 1.61 bits per heavy atom. The van der Waals surface area contributed by atoms with Gasteiger partial charge < -0.3 is 5.32 Å². The third-order valence-electron chi connectivity index (χ3n) is 3.83. The van der Waals surface area contributed by atoms with Crippen LogP contribution in [0.4, 0.5) is 0 Å². The van der Waals surface area contributed by atoms with Crippen LogP contribution >= 0.6 is 0 Å². The Hall–Kier alpha value is -0.870. The third-order valence-corrected chi connectivity index (χ3v) is 3.83. The number of nitrogens with zero attached hydrogens (tertiary/aromatic N) is 3. The van der Waals surface area contributed by atoms with E-state index in [1.807, 2.05) is 0 Å². The van der Waals surface area contributed by atoms with Crippen LogP contribution in [0.3, 0.4) is 0 Å². The molecular formula is C14H26N4. The van der Waals surface area contributed by atoms with Crippen molar-refractivity contribution in [1.82, 2.24) is 20.0 Å². The van der Waals surface area contributed by atoms with E-state index >= 15 is 0 Å². The third kappa shape index (κ3) is 3.56. The molecule has 2 heterocycles. The second-order valence-electron chi connectivity index (χ2n) is 5.53. The maximum Gasteiger partial charge on any atom is 0.0764 e. The van der Waals surface area contributed by atoms with Crippen LogP contribution in [0.1, 0.15) is 44.8 Å². The van der Waals surface area contributed by atoms with Crippen LogP contribution in [-0.4, -0.2) is 40.9 Å². The first kappa shape index (κ1) is 13.6. The first-order valence-corrected chi connectivity index (χ1v) is 7.15. The minimum Gasteiger partial charge on any atom is -0.313 e. The molecular weight excluding hydrogens is 224 g/mol. The summed E-state index contributed by atoms with van der Waals surface area (Å²) in [5, 5.41) is 8.19. The first-order chi connectivity index (χ1) is 8.69. The van der Waals surface area contributed by atoms with E-state index in [9.17, 15) is 0 Å². The molecule has 4 heteroatoms. The van der Waals surface area contributed by atoms with Crippen molar-refractivity contribution >= 4 is 0 Å². The van der Waals surface area contributed by atoms with Crippen molar-refractivity contribution in [2.45, 2.75) is 51.7 Å². The van der Waals surface area contributed by atoms with E-state index in [1.165, 1.54) is 25.1 Å². The van der Waals surface area contributed by atoms with Crippen molar-refractivity contribution in [3.8, 4) is 0 Å². The van der Waals surface area contributed by atoms with Gasteiger partial charge in [-0.3, -0.25) is 9.58 Å². The molecule has 1 aromatic heterocycles. The average Bonchev–Trinajstić information content (AvgIpc) is 2.99.